The molecule has 0 unspecified atom stereocenters. The zero-order chi connectivity index (χ0) is 6.57. The van der Waals surface area contributed by atoms with Crippen LogP contribution in [0.5, 0.6) is 0 Å². The van der Waals surface area contributed by atoms with E-state index in [0.29, 0.717) is 5.92 Å². The number of aliphatic hydroxyl groups excluding tert-OH is 1. The van der Waals surface area contributed by atoms with Crippen molar-refractivity contribution >= 4 is 22.6 Å². The smallest absolute Gasteiger partial charge is 0.0491 e. The van der Waals surface area contributed by atoms with Gasteiger partial charge in [-0.15, -0.1) is 0 Å². The summed E-state index contributed by atoms with van der Waals surface area (Å²) in [6, 6.07) is 0. The third-order valence-corrected chi connectivity index (χ3v) is 1.16. The highest BCUT2D eigenvalue weighted by atomic mass is 127. The number of aliphatic hydroxyl groups is 1. The van der Waals surface area contributed by atoms with Crippen LogP contribution in [0, 0.1) is 5.92 Å². The van der Waals surface area contributed by atoms with Crippen molar-refractivity contribution in [2.75, 3.05) is 6.61 Å². The predicted octanol–water partition coefficient (Wildman–Crippen LogP) is 1.95. The van der Waals surface area contributed by atoms with Crippen LogP contribution < -0.4 is 0 Å². The van der Waals surface area contributed by atoms with Gasteiger partial charge in [-0.2, -0.15) is 0 Å². The minimum absolute atomic E-state index is 0.250. The van der Waals surface area contributed by atoms with Gasteiger partial charge in [0.05, 0.1) is 0 Å². The topological polar surface area (TPSA) is 20.2 Å². The van der Waals surface area contributed by atoms with Crippen molar-refractivity contribution in [1.29, 1.82) is 0 Å². The number of rotatable bonds is 2. The summed E-state index contributed by atoms with van der Waals surface area (Å²) in [5, 5.41) is 8.54. The lowest BCUT2D eigenvalue weighted by Gasteiger charge is -1.97. The molecule has 0 saturated heterocycles. The van der Waals surface area contributed by atoms with E-state index in [-0.39, 0.29) is 6.61 Å². The molecule has 1 N–H and O–H groups in total. The summed E-state index contributed by atoms with van der Waals surface area (Å²) in [6.45, 7) is 4.26. The largest absolute Gasteiger partial charge is 0.396 e. The van der Waals surface area contributed by atoms with Gasteiger partial charge < -0.3 is 5.11 Å². The van der Waals surface area contributed by atoms with Crippen LogP contribution in [0.3, 0.4) is 0 Å². The van der Waals surface area contributed by atoms with Gasteiger partial charge in [-0.25, -0.2) is 0 Å². The van der Waals surface area contributed by atoms with E-state index in [4.69, 9.17) is 5.11 Å². The molecule has 0 aromatic carbocycles. The first-order valence-electron chi connectivity index (χ1n) is 2.61. The molecule has 0 saturated carbocycles. The van der Waals surface area contributed by atoms with E-state index in [1.807, 2.05) is 19.9 Å². The van der Waals surface area contributed by atoms with Gasteiger partial charge in [-0.3, -0.25) is 0 Å². The summed E-state index contributed by atoms with van der Waals surface area (Å²) in [5.41, 5.74) is 0. The molecule has 0 aliphatic rings. The Hall–Kier alpha value is 0.430. The molecular weight excluding hydrogens is 215 g/mol. The molecule has 0 amide bonds. The van der Waals surface area contributed by atoms with Gasteiger partial charge in [-0.1, -0.05) is 13.0 Å². The maximum atomic E-state index is 8.54. The molecule has 0 spiro atoms. The molecule has 1 nitrogen and oxygen atoms in total. The lowest BCUT2D eigenvalue weighted by atomic mass is 10.2. The van der Waals surface area contributed by atoms with Gasteiger partial charge in [-0.05, 0) is 39.0 Å². The van der Waals surface area contributed by atoms with Gasteiger partial charge in [0.2, 0.25) is 0 Å². The number of allylic oxidation sites excluding steroid dienone is 1. The molecule has 2 heteroatoms. The second kappa shape index (κ2) is 4.32. The van der Waals surface area contributed by atoms with Gasteiger partial charge in [0, 0.05) is 6.61 Å². The van der Waals surface area contributed by atoms with Crippen LogP contribution in [0.25, 0.3) is 0 Å². The molecule has 48 valence electrons. The zero-order valence-electron chi connectivity index (χ0n) is 5.19. The SMILES string of the molecule is C/C(I)=C\[C@H](C)CO. The average Bonchev–Trinajstić information content (AvgIpc) is 1.65. The van der Waals surface area contributed by atoms with Crippen LogP contribution in [0.15, 0.2) is 9.66 Å². The minimum atomic E-state index is 0.250. The van der Waals surface area contributed by atoms with Crippen molar-refractivity contribution in [3.05, 3.63) is 9.66 Å². The van der Waals surface area contributed by atoms with E-state index in [1.165, 1.54) is 3.58 Å². The van der Waals surface area contributed by atoms with Crippen LogP contribution in [0.1, 0.15) is 13.8 Å². The molecule has 0 aromatic heterocycles. The maximum Gasteiger partial charge on any atom is 0.0491 e. The van der Waals surface area contributed by atoms with Crippen LogP contribution in [-0.2, 0) is 0 Å². The Morgan fingerprint density at radius 3 is 2.50 bits per heavy atom. The molecule has 8 heavy (non-hydrogen) atoms. The number of hydrogen-bond acceptors (Lipinski definition) is 1. The van der Waals surface area contributed by atoms with Crippen LogP contribution in [0.2, 0.25) is 0 Å². The Balaban J connectivity index is 3.51. The average molecular weight is 226 g/mol. The number of halogens is 1. The molecule has 0 rings (SSSR count). The summed E-state index contributed by atoms with van der Waals surface area (Å²) in [7, 11) is 0. The second-order valence-corrected chi connectivity index (χ2v) is 3.61. The van der Waals surface area contributed by atoms with Gasteiger partial charge >= 0.3 is 0 Å². The summed E-state index contributed by atoms with van der Waals surface area (Å²) in [4.78, 5) is 0. The molecule has 0 aliphatic heterocycles. The molecule has 1 atom stereocenters. The molecule has 0 aliphatic carbocycles. The summed E-state index contributed by atoms with van der Waals surface area (Å²) < 4.78 is 1.24. The molecule has 0 radical (unpaired) electrons. The standard InChI is InChI=1S/C6H11IO/c1-5(4-8)3-6(2)7/h3,5,8H,4H2,1-2H3/b6-3+/t5-/m0/s1. The predicted molar refractivity (Wildman–Crippen MR) is 44.0 cm³/mol. The first-order valence-corrected chi connectivity index (χ1v) is 3.69. The fraction of sp³-hybridized carbons (Fsp3) is 0.667. The van der Waals surface area contributed by atoms with E-state index in [0.717, 1.165) is 0 Å². The molecular formula is C6H11IO. The first kappa shape index (κ1) is 8.43. The van der Waals surface area contributed by atoms with Gasteiger partial charge in [0.15, 0.2) is 0 Å². The third kappa shape index (κ3) is 4.59. The van der Waals surface area contributed by atoms with Crippen molar-refractivity contribution < 1.29 is 5.11 Å². The van der Waals surface area contributed by atoms with Crippen molar-refractivity contribution in [1.82, 2.24) is 0 Å². The van der Waals surface area contributed by atoms with Crippen LogP contribution >= 0.6 is 22.6 Å². The van der Waals surface area contributed by atoms with Crippen LogP contribution in [0.4, 0.5) is 0 Å². The zero-order valence-corrected chi connectivity index (χ0v) is 7.34. The normalized spacial score (nSPS) is 16.2. The lowest BCUT2D eigenvalue weighted by Crippen LogP contribution is -1.94. The summed E-state index contributed by atoms with van der Waals surface area (Å²) in [6.07, 6.45) is 2.04. The Morgan fingerprint density at radius 1 is 1.88 bits per heavy atom. The molecule has 0 aromatic rings. The molecule has 0 fully saturated rings. The highest BCUT2D eigenvalue weighted by Crippen LogP contribution is 2.07. The minimum Gasteiger partial charge on any atom is -0.396 e. The Labute approximate surface area is 63.9 Å². The monoisotopic (exact) mass is 226 g/mol. The Morgan fingerprint density at radius 2 is 2.38 bits per heavy atom. The van der Waals surface area contributed by atoms with Gasteiger partial charge in [0.1, 0.15) is 0 Å². The third-order valence-electron chi connectivity index (χ3n) is 0.802. The maximum absolute atomic E-state index is 8.54. The highest BCUT2D eigenvalue weighted by molar-refractivity contribution is 14.1. The van der Waals surface area contributed by atoms with Crippen molar-refractivity contribution in [3.8, 4) is 0 Å². The fourth-order valence-electron chi connectivity index (χ4n) is 0.445. The van der Waals surface area contributed by atoms with E-state index in [1.54, 1.807) is 0 Å². The second-order valence-electron chi connectivity index (χ2n) is 1.91. The van der Waals surface area contributed by atoms with Gasteiger partial charge in [0.25, 0.3) is 0 Å². The van der Waals surface area contributed by atoms with E-state index >= 15 is 0 Å². The van der Waals surface area contributed by atoms with E-state index in [9.17, 15) is 0 Å². The van der Waals surface area contributed by atoms with Crippen LogP contribution in [-0.4, -0.2) is 11.7 Å². The Kier molecular flexibility index (Phi) is 4.56. The summed E-state index contributed by atoms with van der Waals surface area (Å²) >= 11 is 2.23. The molecule has 0 heterocycles. The quantitative estimate of drug-likeness (QED) is 0.713. The van der Waals surface area contributed by atoms with Crippen molar-refractivity contribution in [2.45, 2.75) is 13.8 Å². The Bertz CT molecular complexity index is 84.5. The van der Waals surface area contributed by atoms with Crippen molar-refractivity contribution in [3.63, 3.8) is 0 Å². The summed E-state index contributed by atoms with van der Waals surface area (Å²) in [5.74, 6) is 0.312. The van der Waals surface area contributed by atoms with E-state index in [2.05, 4.69) is 22.6 Å². The lowest BCUT2D eigenvalue weighted by molar-refractivity contribution is 0.262. The highest BCUT2D eigenvalue weighted by Gasteiger charge is 1.91. The fourth-order valence-corrected chi connectivity index (χ4v) is 1.06. The van der Waals surface area contributed by atoms with E-state index < -0.39 is 0 Å². The van der Waals surface area contributed by atoms with Crippen molar-refractivity contribution in [2.24, 2.45) is 5.92 Å². The first-order chi connectivity index (χ1) is 3.66. The number of hydrogen-bond donors (Lipinski definition) is 1. The molecule has 0 bridgehead atoms.